The highest BCUT2D eigenvalue weighted by Crippen LogP contribution is 2.27. The van der Waals surface area contributed by atoms with Crippen LogP contribution in [0.4, 0.5) is 5.69 Å². The standard InChI is InChI=1S/C17H21N3O2/c1-18-9-11-20(12-10-18)15-6-5-14(17(21)22-2)13-16(15)19-7-3-4-8-19/h3-8,13H,9-12H2,1-2H3. The topological polar surface area (TPSA) is 37.7 Å². The summed E-state index contributed by atoms with van der Waals surface area (Å²) in [6.45, 7) is 4.07. The molecule has 116 valence electrons. The highest BCUT2D eigenvalue weighted by molar-refractivity contribution is 5.91. The maximum absolute atomic E-state index is 11.8. The lowest BCUT2D eigenvalue weighted by Gasteiger charge is -2.35. The number of carbonyl (C=O) groups is 1. The van der Waals surface area contributed by atoms with E-state index in [2.05, 4.69) is 16.8 Å². The number of hydrogen-bond donors (Lipinski definition) is 0. The van der Waals surface area contributed by atoms with Crippen molar-refractivity contribution in [3.05, 3.63) is 48.3 Å². The molecule has 1 aromatic heterocycles. The zero-order valence-electron chi connectivity index (χ0n) is 13.0. The van der Waals surface area contributed by atoms with Gasteiger partial charge < -0.3 is 19.1 Å². The molecule has 2 heterocycles. The van der Waals surface area contributed by atoms with Crippen LogP contribution in [0.1, 0.15) is 10.4 Å². The van der Waals surface area contributed by atoms with Crippen LogP contribution in [-0.2, 0) is 4.74 Å². The Morgan fingerprint density at radius 2 is 1.73 bits per heavy atom. The number of aromatic nitrogens is 1. The minimum atomic E-state index is -0.307. The quantitative estimate of drug-likeness (QED) is 0.813. The number of rotatable bonds is 3. The Morgan fingerprint density at radius 1 is 1.05 bits per heavy atom. The average Bonchev–Trinajstić information content (AvgIpc) is 3.09. The molecule has 1 fully saturated rings. The molecule has 1 aliphatic rings. The summed E-state index contributed by atoms with van der Waals surface area (Å²) >= 11 is 0. The van der Waals surface area contributed by atoms with Crippen molar-refractivity contribution in [1.82, 2.24) is 9.47 Å². The lowest BCUT2D eigenvalue weighted by Crippen LogP contribution is -2.44. The maximum Gasteiger partial charge on any atom is 0.337 e. The molecular formula is C17H21N3O2. The summed E-state index contributed by atoms with van der Waals surface area (Å²) in [5.74, 6) is -0.307. The van der Waals surface area contributed by atoms with Crippen LogP contribution in [0.5, 0.6) is 0 Å². The van der Waals surface area contributed by atoms with Crippen molar-refractivity contribution in [3.63, 3.8) is 0 Å². The van der Waals surface area contributed by atoms with Gasteiger partial charge in [-0.05, 0) is 37.4 Å². The van der Waals surface area contributed by atoms with Gasteiger partial charge in [-0.3, -0.25) is 0 Å². The number of anilines is 1. The summed E-state index contributed by atoms with van der Waals surface area (Å²) in [7, 11) is 3.55. The molecule has 0 N–H and O–H groups in total. The van der Waals surface area contributed by atoms with E-state index in [1.54, 1.807) is 0 Å². The first-order valence-electron chi connectivity index (χ1n) is 7.48. The van der Waals surface area contributed by atoms with Gasteiger partial charge in [0.2, 0.25) is 0 Å². The average molecular weight is 299 g/mol. The van der Waals surface area contributed by atoms with Crippen LogP contribution in [0.3, 0.4) is 0 Å². The molecule has 0 unspecified atom stereocenters. The molecule has 1 saturated heterocycles. The number of esters is 1. The van der Waals surface area contributed by atoms with E-state index in [0.717, 1.165) is 37.6 Å². The molecule has 1 aliphatic heterocycles. The number of likely N-dealkylation sites (N-methyl/N-ethyl adjacent to an activating group) is 1. The smallest absolute Gasteiger partial charge is 0.337 e. The molecule has 22 heavy (non-hydrogen) atoms. The molecule has 1 aromatic carbocycles. The lowest BCUT2D eigenvalue weighted by molar-refractivity contribution is 0.0600. The van der Waals surface area contributed by atoms with E-state index in [-0.39, 0.29) is 5.97 Å². The van der Waals surface area contributed by atoms with E-state index in [9.17, 15) is 4.79 Å². The monoisotopic (exact) mass is 299 g/mol. The van der Waals surface area contributed by atoms with Gasteiger partial charge >= 0.3 is 5.97 Å². The fourth-order valence-electron chi connectivity index (χ4n) is 2.78. The summed E-state index contributed by atoms with van der Waals surface area (Å²) in [4.78, 5) is 16.5. The predicted octanol–water partition coefficient (Wildman–Crippen LogP) is 2.02. The summed E-state index contributed by atoms with van der Waals surface area (Å²) < 4.78 is 6.88. The van der Waals surface area contributed by atoms with Gasteiger partial charge in [-0.15, -0.1) is 0 Å². The van der Waals surface area contributed by atoms with Crippen LogP contribution in [-0.4, -0.2) is 55.8 Å². The van der Waals surface area contributed by atoms with Gasteiger partial charge in [0.05, 0.1) is 24.0 Å². The van der Waals surface area contributed by atoms with Gasteiger partial charge in [-0.25, -0.2) is 4.79 Å². The third kappa shape index (κ3) is 2.85. The number of ether oxygens (including phenoxy) is 1. The normalized spacial score (nSPS) is 15.8. The fourth-order valence-corrected chi connectivity index (χ4v) is 2.78. The molecule has 0 spiro atoms. The van der Waals surface area contributed by atoms with E-state index in [1.807, 2.05) is 47.3 Å². The molecule has 3 rings (SSSR count). The summed E-state index contributed by atoms with van der Waals surface area (Å²) in [6.07, 6.45) is 3.99. The number of nitrogens with zero attached hydrogens (tertiary/aromatic N) is 3. The predicted molar refractivity (Wildman–Crippen MR) is 86.8 cm³/mol. The molecular weight excluding hydrogens is 278 g/mol. The molecule has 0 atom stereocenters. The third-order valence-corrected chi connectivity index (χ3v) is 4.12. The Balaban J connectivity index is 2.00. The fraction of sp³-hybridized carbons (Fsp3) is 0.353. The molecule has 0 radical (unpaired) electrons. The van der Waals surface area contributed by atoms with Crippen LogP contribution < -0.4 is 4.90 Å². The number of benzene rings is 1. The third-order valence-electron chi connectivity index (χ3n) is 4.12. The number of methoxy groups -OCH3 is 1. The summed E-state index contributed by atoms with van der Waals surface area (Å²) in [6, 6.07) is 9.73. The van der Waals surface area contributed by atoms with Gasteiger partial charge in [-0.2, -0.15) is 0 Å². The molecule has 2 aromatic rings. The van der Waals surface area contributed by atoms with Crippen molar-refractivity contribution in [1.29, 1.82) is 0 Å². The molecule has 0 aliphatic carbocycles. The van der Waals surface area contributed by atoms with Gasteiger partial charge in [0, 0.05) is 38.6 Å². The van der Waals surface area contributed by atoms with E-state index < -0.39 is 0 Å². The Kier molecular flexibility index (Phi) is 4.15. The van der Waals surface area contributed by atoms with E-state index >= 15 is 0 Å². The van der Waals surface area contributed by atoms with Crippen molar-refractivity contribution in [3.8, 4) is 5.69 Å². The first kappa shape index (κ1) is 14.7. The van der Waals surface area contributed by atoms with Crippen molar-refractivity contribution in [2.75, 3.05) is 45.2 Å². The number of piperazine rings is 1. The lowest BCUT2D eigenvalue weighted by atomic mass is 10.1. The Morgan fingerprint density at radius 3 is 2.36 bits per heavy atom. The van der Waals surface area contributed by atoms with Gasteiger partial charge in [0.25, 0.3) is 0 Å². The Labute approximate surface area is 130 Å². The number of hydrogen-bond acceptors (Lipinski definition) is 4. The second-order valence-corrected chi connectivity index (χ2v) is 5.58. The maximum atomic E-state index is 11.8. The van der Waals surface area contributed by atoms with Crippen molar-refractivity contribution < 1.29 is 9.53 Å². The van der Waals surface area contributed by atoms with E-state index in [4.69, 9.17) is 4.74 Å². The zero-order valence-corrected chi connectivity index (χ0v) is 13.0. The Bertz CT molecular complexity index is 644. The van der Waals surface area contributed by atoms with Crippen LogP contribution >= 0.6 is 0 Å². The number of carbonyl (C=O) groups excluding carboxylic acids is 1. The molecule has 0 bridgehead atoms. The van der Waals surface area contributed by atoms with Crippen LogP contribution in [0.25, 0.3) is 5.69 Å². The van der Waals surface area contributed by atoms with Crippen LogP contribution in [0, 0.1) is 0 Å². The van der Waals surface area contributed by atoms with Gasteiger partial charge in [0.15, 0.2) is 0 Å². The van der Waals surface area contributed by atoms with Gasteiger partial charge in [0.1, 0.15) is 0 Å². The van der Waals surface area contributed by atoms with Crippen LogP contribution in [0.2, 0.25) is 0 Å². The highest BCUT2D eigenvalue weighted by Gasteiger charge is 2.19. The largest absolute Gasteiger partial charge is 0.465 e. The van der Waals surface area contributed by atoms with Crippen molar-refractivity contribution >= 4 is 11.7 Å². The summed E-state index contributed by atoms with van der Waals surface area (Å²) in [5.41, 5.74) is 2.73. The highest BCUT2D eigenvalue weighted by atomic mass is 16.5. The second-order valence-electron chi connectivity index (χ2n) is 5.58. The van der Waals surface area contributed by atoms with Gasteiger partial charge in [-0.1, -0.05) is 0 Å². The second kappa shape index (κ2) is 6.23. The minimum Gasteiger partial charge on any atom is -0.465 e. The van der Waals surface area contributed by atoms with Crippen LogP contribution in [0.15, 0.2) is 42.7 Å². The van der Waals surface area contributed by atoms with Crippen molar-refractivity contribution in [2.24, 2.45) is 0 Å². The van der Waals surface area contributed by atoms with E-state index in [0.29, 0.717) is 5.56 Å². The molecule has 0 saturated carbocycles. The van der Waals surface area contributed by atoms with Crippen molar-refractivity contribution in [2.45, 2.75) is 0 Å². The van der Waals surface area contributed by atoms with E-state index in [1.165, 1.54) is 7.11 Å². The first-order chi connectivity index (χ1) is 10.7. The zero-order chi connectivity index (χ0) is 15.5. The molecule has 5 heteroatoms. The summed E-state index contributed by atoms with van der Waals surface area (Å²) in [5, 5.41) is 0. The molecule has 0 amide bonds. The minimum absolute atomic E-state index is 0.307. The molecule has 5 nitrogen and oxygen atoms in total. The first-order valence-corrected chi connectivity index (χ1v) is 7.48. The SMILES string of the molecule is COC(=O)c1ccc(N2CCN(C)CC2)c(-n2cccc2)c1. The Hall–Kier alpha value is -2.27.